The molecule has 0 radical (unpaired) electrons. The molecule has 0 aliphatic heterocycles. The zero-order valence-electron chi connectivity index (χ0n) is 26.5. The van der Waals surface area contributed by atoms with E-state index in [1.165, 1.54) is 0 Å². The number of carbonyl (C=O) groups is 3. The van der Waals surface area contributed by atoms with Gasteiger partial charge >= 0.3 is 5.97 Å². The van der Waals surface area contributed by atoms with Gasteiger partial charge in [-0.2, -0.15) is 5.26 Å². The highest BCUT2D eigenvalue weighted by Gasteiger charge is 2.24. The predicted molar refractivity (Wildman–Crippen MR) is 184 cm³/mol. The van der Waals surface area contributed by atoms with Crippen molar-refractivity contribution in [1.29, 1.82) is 5.26 Å². The van der Waals surface area contributed by atoms with E-state index in [1.54, 1.807) is 54.6 Å². The second kappa shape index (κ2) is 14.0. The molecule has 7 nitrogen and oxygen atoms in total. The molecule has 0 fully saturated rings. The van der Waals surface area contributed by atoms with Gasteiger partial charge in [0.25, 0.3) is 11.8 Å². The Kier molecular flexibility index (Phi) is 9.63. The lowest BCUT2D eigenvalue weighted by Crippen LogP contribution is -2.42. The largest absolute Gasteiger partial charge is 0.480 e. The van der Waals surface area contributed by atoms with Crippen LogP contribution in [0.3, 0.4) is 0 Å². The molecule has 1 atom stereocenters. The van der Waals surface area contributed by atoms with Gasteiger partial charge in [-0.1, -0.05) is 106 Å². The minimum absolute atomic E-state index is 0.0628. The molecule has 5 aromatic carbocycles. The summed E-state index contributed by atoms with van der Waals surface area (Å²) in [5.41, 5.74) is 6.47. The number of benzene rings is 5. The number of hydrogen-bond acceptors (Lipinski definition) is 4. The number of amides is 2. The fourth-order valence-electron chi connectivity index (χ4n) is 5.21. The maximum absolute atomic E-state index is 13.8. The molecule has 5 aromatic rings. The lowest BCUT2D eigenvalue weighted by molar-refractivity contribution is -0.139. The summed E-state index contributed by atoms with van der Waals surface area (Å²) in [5, 5.41) is 24.8. The Bertz CT molecular complexity index is 1940. The fourth-order valence-corrected chi connectivity index (χ4v) is 5.21. The van der Waals surface area contributed by atoms with E-state index in [1.807, 2.05) is 66.7 Å². The van der Waals surface area contributed by atoms with Crippen molar-refractivity contribution >= 4 is 23.5 Å². The van der Waals surface area contributed by atoms with Gasteiger partial charge in [0, 0.05) is 12.0 Å². The van der Waals surface area contributed by atoms with Crippen LogP contribution >= 0.6 is 0 Å². The first kappa shape index (κ1) is 32.4. The Labute approximate surface area is 274 Å². The molecule has 0 saturated carbocycles. The second-order valence-electron chi connectivity index (χ2n) is 12.4. The van der Waals surface area contributed by atoms with Crippen molar-refractivity contribution in [1.82, 2.24) is 5.32 Å². The molecule has 47 heavy (non-hydrogen) atoms. The van der Waals surface area contributed by atoms with Crippen LogP contribution in [0.15, 0.2) is 121 Å². The molecule has 0 aliphatic rings. The summed E-state index contributed by atoms with van der Waals surface area (Å²) in [6.45, 7) is 6.27. The summed E-state index contributed by atoms with van der Waals surface area (Å²) in [6.07, 6.45) is 0.0628. The van der Waals surface area contributed by atoms with Gasteiger partial charge in [-0.05, 0) is 75.2 Å². The van der Waals surface area contributed by atoms with Crippen LogP contribution < -0.4 is 10.6 Å². The molecule has 0 aromatic heterocycles. The quantitative estimate of drug-likeness (QED) is 0.155. The van der Waals surface area contributed by atoms with Crippen molar-refractivity contribution in [3.8, 4) is 28.3 Å². The van der Waals surface area contributed by atoms with E-state index in [4.69, 9.17) is 0 Å². The third-order valence-corrected chi connectivity index (χ3v) is 7.98. The highest BCUT2D eigenvalue weighted by Crippen LogP contribution is 2.28. The van der Waals surface area contributed by atoms with Crippen LogP contribution in [-0.2, 0) is 16.6 Å². The maximum atomic E-state index is 13.8. The van der Waals surface area contributed by atoms with E-state index < -0.39 is 23.8 Å². The number of rotatable bonds is 9. The van der Waals surface area contributed by atoms with E-state index in [9.17, 15) is 24.8 Å². The van der Waals surface area contributed by atoms with Gasteiger partial charge in [-0.3, -0.25) is 9.59 Å². The van der Waals surface area contributed by atoms with Gasteiger partial charge in [0.15, 0.2) is 0 Å². The Balaban J connectivity index is 1.42. The fraction of sp³-hybridized carbons (Fsp3) is 0.150. The number of hydrogen-bond donors (Lipinski definition) is 3. The average Bonchev–Trinajstić information content (AvgIpc) is 3.08. The third kappa shape index (κ3) is 7.99. The number of aliphatic carboxylic acids is 1. The summed E-state index contributed by atoms with van der Waals surface area (Å²) >= 11 is 0. The second-order valence-corrected chi connectivity index (χ2v) is 12.4. The van der Waals surface area contributed by atoms with Crippen LogP contribution in [0.1, 0.15) is 58.2 Å². The average molecular weight is 622 g/mol. The van der Waals surface area contributed by atoms with Gasteiger partial charge in [0.1, 0.15) is 6.04 Å². The number of nitrogens with zero attached hydrogens (tertiary/aromatic N) is 1. The van der Waals surface area contributed by atoms with Gasteiger partial charge in [0.05, 0.1) is 22.9 Å². The standard InChI is InChI=1S/C40H35N3O4/c1-40(2,3)33-20-17-31(18-21-33)37(44)42-35-22-19-32(30-15-11-27(25-41)12-16-30)24-34(35)38(45)43-36(39(46)47)23-26-9-13-29(14-10-26)28-7-5-4-6-8-28/h4-22,24,36H,23H2,1-3H3,(H,42,44)(H,43,45)(H,46,47). The normalized spacial score (nSPS) is 11.6. The summed E-state index contributed by atoms with van der Waals surface area (Å²) in [7, 11) is 0. The minimum atomic E-state index is -1.22. The van der Waals surface area contributed by atoms with Gasteiger partial charge in [0.2, 0.25) is 0 Å². The topological polar surface area (TPSA) is 119 Å². The lowest BCUT2D eigenvalue weighted by atomic mass is 9.86. The number of carboxylic acids is 1. The summed E-state index contributed by atoms with van der Waals surface area (Å²) in [5.74, 6) is -2.23. The van der Waals surface area contributed by atoms with E-state index in [2.05, 4.69) is 37.5 Å². The van der Waals surface area contributed by atoms with Crippen molar-refractivity contribution < 1.29 is 19.5 Å². The first-order chi connectivity index (χ1) is 22.5. The van der Waals surface area contributed by atoms with E-state index in [0.29, 0.717) is 16.7 Å². The highest BCUT2D eigenvalue weighted by molar-refractivity contribution is 6.10. The molecule has 7 heteroatoms. The Morgan fingerprint density at radius 3 is 1.89 bits per heavy atom. The van der Waals surface area contributed by atoms with Crippen molar-refractivity contribution in [3.63, 3.8) is 0 Å². The lowest BCUT2D eigenvalue weighted by Gasteiger charge is -2.19. The Hall–Kier alpha value is -6.00. The van der Waals surface area contributed by atoms with Gasteiger partial charge in [-0.25, -0.2) is 4.79 Å². The molecule has 0 saturated heterocycles. The summed E-state index contributed by atoms with van der Waals surface area (Å²) < 4.78 is 0. The van der Waals surface area contributed by atoms with Gasteiger partial charge < -0.3 is 15.7 Å². The number of anilines is 1. The number of carboxylic acid groups (broad SMARTS) is 1. The molecule has 0 aliphatic carbocycles. The first-order valence-electron chi connectivity index (χ1n) is 15.3. The highest BCUT2D eigenvalue weighted by atomic mass is 16.4. The van der Waals surface area contributed by atoms with E-state index in [-0.39, 0.29) is 23.1 Å². The van der Waals surface area contributed by atoms with Crippen molar-refractivity contribution in [2.24, 2.45) is 0 Å². The number of carbonyl (C=O) groups excluding carboxylic acids is 2. The summed E-state index contributed by atoms with van der Waals surface area (Å²) in [4.78, 5) is 39.5. The van der Waals surface area contributed by atoms with Crippen LogP contribution in [-0.4, -0.2) is 28.9 Å². The Morgan fingerprint density at radius 2 is 1.30 bits per heavy atom. The van der Waals surface area contributed by atoms with Crippen LogP contribution in [0.5, 0.6) is 0 Å². The van der Waals surface area contributed by atoms with E-state index in [0.717, 1.165) is 27.8 Å². The smallest absolute Gasteiger partial charge is 0.326 e. The van der Waals surface area contributed by atoms with Crippen LogP contribution in [0.4, 0.5) is 5.69 Å². The molecular weight excluding hydrogens is 586 g/mol. The minimum Gasteiger partial charge on any atom is -0.480 e. The Morgan fingerprint density at radius 1 is 0.723 bits per heavy atom. The molecule has 5 rings (SSSR count). The summed E-state index contributed by atoms with van der Waals surface area (Å²) in [6, 6.07) is 37.4. The SMILES string of the molecule is CC(C)(C)c1ccc(C(=O)Nc2ccc(-c3ccc(C#N)cc3)cc2C(=O)NC(Cc2ccc(-c3ccccc3)cc2)C(=O)O)cc1. The zero-order chi connectivity index (χ0) is 33.6. The molecule has 0 bridgehead atoms. The third-order valence-electron chi connectivity index (χ3n) is 7.98. The molecule has 3 N–H and O–H groups in total. The monoisotopic (exact) mass is 621 g/mol. The molecule has 1 unspecified atom stereocenters. The first-order valence-corrected chi connectivity index (χ1v) is 15.3. The zero-order valence-corrected chi connectivity index (χ0v) is 26.5. The number of nitriles is 1. The van der Waals surface area contributed by atoms with Crippen molar-refractivity contribution in [2.45, 2.75) is 38.6 Å². The molecule has 2 amide bonds. The number of nitrogens with one attached hydrogen (secondary N) is 2. The van der Waals surface area contributed by atoms with Crippen molar-refractivity contribution in [2.75, 3.05) is 5.32 Å². The van der Waals surface area contributed by atoms with Gasteiger partial charge in [-0.15, -0.1) is 0 Å². The van der Waals surface area contributed by atoms with E-state index >= 15 is 0 Å². The molecular formula is C40H35N3O4. The van der Waals surface area contributed by atoms with Crippen LogP contribution in [0, 0.1) is 11.3 Å². The van der Waals surface area contributed by atoms with Crippen LogP contribution in [0.25, 0.3) is 22.3 Å². The van der Waals surface area contributed by atoms with Crippen molar-refractivity contribution in [3.05, 3.63) is 149 Å². The molecule has 0 heterocycles. The van der Waals surface area contributed by atoms with Crippen LogP contribution in [0.2, 0.25) is 0 Å². The maximum Gasteiger partial charge on any atom is 0.326 e. The molecule has 234 valence electrons. The molecule has 0 spiro atoms. The predicted octanol–water partition coefficient (Wildman–Crippen LogP) is 7.87.